The molecule has 2 aliphatic heterocycles. The second-order valence-electron chi connectivity index (χ2n) is 12.5. The van der Waals surface area contributed by atoms with Gasteiger partial charge >= 0.3 is 12.2 Å². The minimum atomic E-state index is -5.02. The van der Waals surface area contributed by atoms with Crippen LogP contribution in [0.5, 0.6) is 6.01 Å². The summed E-state index contributed by atoms with van der Waals surface area (Å²) in [5, 5.41) is 12.9. The number of amides is 1. The van der Waals surface area contributed by atoms with Crippen LogP contribution in [-0.2, 0) is 11.0 Å². The number of ether oxygens (including phenoxy) is 1. The van der Waals surface area contributed by atoms with Crippen LogP contribution >= 0.6 is 11.3 Å². The number of nitrogen functional groups attached to an aromatic ring is 1. The second kappa shape index (κ2) is 13.2. The maximum atomic E-state index is 15.1. The second-order valence-corrected chi connectivity index (χ2v) is 13.5. The number of thiophene rings is 1. The monoisotopic (exact) mass is 718 g/mol. The number of nitrogens with two attached hydrogens (primary N) is 1. The highest BCUT2D eigenvalue weighted by molar-refractivity contribution is 7.23. The van der Waals surface area contributed by atoms with E-state index in [-0.39, 0.29) is 67.7 Å². The van der Waals surface area contributed by atoms with Gasteiger partial charge in [0.1, 0.15) is 34.7 Å². The van der Waals surface area contributed by atoms with Crippen molar-refractivity contribution in [3.05, 3.63) is 47.9 Å². The van der Waals surface area contributed by atoms with Crippen LogP contribution in [-0.4, -0.2) is 83.5 Å². The zero-order chi connectivity index (χ0) is 36.1. The van der Waals surface area contributed by atoms with Crippen LogP contribution < -0.4 is 20.7 Å². The van der Waals surface area contributed by atoms with E-state index in [0.29, 0.717) is 0 Å². The van der Waals surface area contributed by atoms with Gasteiger partial charge in [0.25, 0.3) is 0 Å². The number of rotatable bonds is 5. The molecule has 10 nitrogen and oxygen atoms in total. The first-order valence-corrected chi connectivity index (χ1v) is 16.4. The summed E-state index contributed by atoms with van der Waals surface area (Å²) in [6.07, 6.45) is -2.04. The Balaban J connectivity index is 0.000000412. The van der Waals surface area contributed by atoms with Gasteiger partial charge < -0.3 is 25.6 Å². The Hall–Kier alpha value is -4.69. The van der Waals surface area contributed by atoms with Crippen LogP contribution in [0.15, 0.2) is 30.9 Å². The number of nitrogens with zero attached hydrogens (tertiary/aromatic N) is 6. The van der Waals surface area contributed by atoms with Gasteiger partial charge in [-0.25, -0.2) is 18.2 Å². The first kappa shape index (κ1) is 35.1. The SMILES string of the molecule is C=CC(=O)N1CC(F)C(N(C)c2nc(OC)nc3cc(-c4ccc(F)c5sc(N)c(C#N)c45)c(C(F)(F)F)nc23)C1.FC1CC2(CCCN2)C1. The molecular formula is C33H32F6N8O2S. The summed E-state index contributed by atoms with van der Waals surface area (Å²) in [4.78, 5) is 26.8. The summed E-state index contributed by atoms with van der Waals surface area (Å²) < 4.78 is 90.7. The zero-order valence-electron chi connectivity index (χ0n) is 27.0. The topological polar surface area (TPSA) is 133 Å². The molecule has 1 spiro atoms. The Bertz CT molecular complexity index is 2020. The van der Waals surface area contributed by atoms with E-state index in [4.69, 9.17) is 10.5 Å². The molecule has 264 valence electrons. The lowest BCUT2D eigenvalue weighted by molar-refractivity contribution is -0.140. The van der Waals surface area contributed by atoms with E-state index in [2.05, 4.69) is 26.8 Å². The number of aromatic nitrogens is 3. The Morgan fingerprint density at radius 1 is 1.24 bits per heavy atom. The molecule has 1 aliphatic carbocycles. The fraction of sp³-hybridized carbons (Fsp3) is 0.424. The molecule has 1 amide bonds. The van der Waals surface area contributed by atoms with Crippen molar-refractivity contribution in [2.45, 2.75) is 55.8 Å². The molecule has 50 heavy (non-hydrogen) atoms. The molecule has 17 heteroatoms. The van der Waals surface area contributed by atoms with Gasteiger partial charge in [-0.1, -0.05) is 12.6 Å². The number of carbonyl (C=O) groups excluding carboxylic acids is 1. The van der Waals surface area contributed by atoms with Crippen molar-refractivity contribution in [1.82, 2.24) is 25.2 Å². The fourth-order valence-electron chi connectivity index (χ4n) is 6.89. The highest BCUT2D eigenvalue weighted by Gasteiger charge is 2.46. The molecular weight excluding hydrogens is 686 g/mol. The minimum Gasteiger partial charge on any atom is -0.467 e. The summed E-state index contributed by atoms with van der Waals surface area (Å²) >= 11 is 0.743. The molecule has 3 fully saturated rings. The molecule has 0 bridgehead atoms. The minimum absolute atomic E-state index is 0.0506. The van der Waals surface area contributed by atoms with E-state index in [1.165, 1.54) is 36.8 Å². The average molecular weight is 719 g/mol. The standard InChI is InChI=1S/C26H20F5N7O2S.C7H12FN/c1-4-18(39)38-9-15(28)17(10-38)37(2)24-20-16(34-25(36-24)40-3)7-12(22(35-20)26(29,30)31)11-5-6-14(27)21-19(11)13(8-32)23(33)41-21;8-6-4-7(5-6)2-1-3-9-7/h4-7,15,17H,1,9-10,33H2,2-3H3;6,9H,1-5H2. The van der Waals surface area contributed by atoms with Gasteiger partial charge in [0.15, 0.2) is 11.5 Å². The Labute approximate surface area is 286 Å². The summed E-state index contributed by atoms with van der Waals surface area (Å²) in [5.74, 6) is -1.41. The van der Waals surface area contributed by atoms with E-state index in [1.54, 1.807) is 0 Å². The normalized spacial score (nSPS) is 23.0. The molecule has 3 N–H and O–H groups in total. The molecule has 4 aromatic rings. The molecule has 0 radical (unpaired) electrons. The summed E-state index contributed by atoms with van der Waals surface area (Å²) in [5.41, 5.74) is 3.61. The number of pyridine rings is 1. The van der Waals surface area contributed by atoms with Crippen molar-refractivity contribution in [2.24, 2.45) is 0 Å². The molecule has 3 aliphatic rings. The number of nitrogens with one attached hydrogen (secondary N) is 1. The van der Waals surface area contributed by atoms with Gasteiger partial charge in [-0.2, -0.15) is 28.4 Å². The van der Waals surface area contributed by atoms with E-state index in [1.807, 2.05) is 6.07 Å². The number of benzene rings is 1. The summed E-state index contributed by atoms with van der Waals surface area (Å²) in [6, 6.07) is 3.82. The van der Waals surface area contributed by atoms with Gasteiger partial charge in [-0.05, 0) is 56.0 Å². The summed E-state index contributed by atoms with van der Waals surface area (Å²) in [6.45, 7) is 4.18. The number of likely N-dealkylation sites (N-methyl/N-ethyl adjacent to an activating group) is 1. The van der Waals surface area contributed by atoms with Crippen molar-refractivity contribution < 1.29 is 35.9 Å². The number of hydrogen-bond acceptors (Lipinski definition) is 10. The average Bonchev–Trinajstić information content (AvgIpc) is 3.80. The molecule has 3 aromatic heterocycles. The van der Waals surface area contributed by atoms with Crippen LogP contribution in [0.1, 0.15) is 36.9 Å². The molecule has 7 rings (SSSR count). The van der Waals surface area contributed by atoms with Gasteiger partial charge in [0, 0.05) is 30.1 Å². The summed E-state index contributed by atoms with van der Waals surface area (Å²) in [7, 11) is 2.66. The van der Waals surface area contributed by atoms with Crippen LogP contribution in [0.2, 0.25) is 0 Å². The lowest BCUT2D eigenvalue weighted by Gasteiger charge is -2.41. The largest absolute Gasteiger partial charge is 0.467 e. The molecule has 2 atom stereocenters. The van der Waals surface area contributed by atoms with Gasteiger partial charge in [-0.3, -0.25) is 4.79 Å². The van der Waals surface area contributed by atoms with Gasteiger partial charge in [-0.15, -0.1) is 11.3 Å². The Morgan fingerprint density at radius 3 is 2.58 bits per heavy atom. The molecule has 2 saturated heterocycles. The number of alkyl halides is 5. The number of carbonyl (C=O) groups is 1. The quantitative estimate of drug-likeness (QED) is 0.190. The van der Waals surface area contributed by atoms with Gasteiger partial charge in [0.05, 0.1) is 35.5 Å². The Morgan fingerprint density at radius 2 is 1.98 bits per heavy atom. The maximum absolute atomic E-state index is 15.1. The number of likely N-dealkylation sites (tertiary alicyclic amines) is 1. The van der Waals surface area contributed by atoms with E-state index >= 15 is 4.39 Å². The van der Waals surface area contributed by atoms with Crippen molar-refractivity contribution in [3.8, 4) is 23.2 Å². The fourth-order valence-corrected chi connectivity index (χ4v) is 7.84. The van der Waals surface area contributed by atoms with Crippen LogP contribution in [0.25, 0.3) is 32.2 Å². The van der Waals surface area contributed by atoms with Crippen molar-refractivity contribution in [1.29, 1.82) is 5.26 Å². The van der Waals surface area contributed by atoms with Crippen LogP contribution in [0.3, 0.4) is 0 Å². The highest BCUT2D eigenvalue weighted by atomic mass is 32.1. The number of hydrogen-bond donors (Lipinski definition) is 2. The van der Waals surface area contributed by atoms with E-state index < -0.39 is 47.5 Å². The number of methoxy groups -OCH3 is 1. The third-order valence-electron chi connectivity index (χ3n) is 9.40. The van der Waals surface area contributed by atoms with E-state index in [9.17, 15) is 32.0 Å². The first-order valence-electron chi connectivity index (χ1n) is 15.6. The number of nitriles is 1. The van der Waals surface area contributed by atoms with Crippen molar-refractivity contribution in [2.75, 3.05) is 44.4 Å². The predicted molar refractivity (Wildman–Crippen MR) is 177 cm³/mol. The maximum Gasteiger partial charge on any atom is 0.433 e. The third kappa shape index (κ3) is 6.26. The lowest BCUT2D eigenvalue weighted by atomic mass is 9.74. The van der Waals surface area contributed by atoms with Crippen molar-refractivity contribution in [3.63, 3.8) is 0 Å². The highest BCUT2D eigenvalue weighted by Crippen LogP contribution is 2.46. The predicted octanol–water partition coefficient (Wildman–Crippen LogP) is 5.94. The number of fused-ring (bicyclic) bond motifs is 2. The van der Waals surface area contributed by atoms with E-state index in [0.717, 1.165) is 55.0 Å². The third-order valence-corrected chi connectivity index (χ3v) is 10.4. The van der Waals surface area contributed by atoms with Crippen LogP contribution in [0.4, 0.5) is 37.2 Å². The Kier molecular flexibility index (Phi) is 9.29. The molecule has 1 saturated carbocycles. The first-order chi connectivity index (χ1) is 23.7. The van der Waals surface area contributed by atoms with Gasteiger partial charge in [0.2, 0.25) is 5.91 Å². The number of anilines is 2. The molecule has 1 aromatic carbocycles. The number of halogens is 6. The molecule has 5 heterocycles. The molecule has 2 unspecified atom stereocenters. The van der Waals surface area contributed by atoms with Crippen LogP contribution in [0, 0.1) is 17.1 Å². The van der Waals surface area contributed by atoms with Crippen molar-refractivity contribution >= 4 is 49.2 Å². The zero-order valence-corrected chi connectivity index (χ0v) is 27.8. The smallest absolute Gasteiger partial charge is 0.433 e. The lowest BCUT2D eigenvalue weighted by Crippen LogP contribution is -2.52.